The van der Waals surface area contributed by atoms with Crippen LogP contribution < -0.4 is 0 Å². The molecule has 2 heterocycles. The summed E-state index contributed by atoms with van der Waals surface area (Å²) >= 11 is 0. The van der Waals surface area contributed by atoms with E-state index in [0.29, 0.717) is 18.9 Å². The van der Waals surface area contributed by atoms with E-state index in [1.54, 1.807) is 0 Å². The van der Waals surface area contributed by atoms with Crippen molar-refractivity contribution in [3.05, 3.63) is 0 Å². The maximum Gasteiger partial charge on any atom is 0.0998 e. The molecule has 5 heteroatoms. The summed E-state index contributed by atoms with van der Waals surface area (Å²) in [6, 6.07) is 0. The molecule has 2 unspecified atom stereocenters. The second-order valence-corrected chi connectivity index (χ2v) is 8.00. The van der Waals surface area contributed by atoms with Gasteiger partial charge in [-0.15, -0.1) is 0 Å². The van der Waals surface area contributed by atoms with Crippen molar-refractivity contribution in [2.75, 3.05) is 26.6 Å². The summed E-state index contributed by atoms with van der Waals surface area (Å²) in [6.45, 7) is 14.3. The van der Waals surface area contributed by atoms with E-state index in [1.807, 2.05) is 13.8 Å². The number of hydrogen-bond acceptors (Lipinski definition) is 4. The lowest BCUT2D eigenvalue weighted by molar-refractivity contribution is -0.138. The Bertz CT molecular complexity index is 290. The van der Waals surface area contributed by atoms with Gasteiger partial charge in [0.05, 0.1) is 33.5 Å². The monoisotopic (exact) mass is 294 g/mol. The highest BCUT2D eigenvalue weighted by Crippen LogP contribution is 2.25. The largest absolute Gasteiger partial charge is 0.363 e. The highest BCUT2D eigenvalue weighted by molar-refractivity contribution is 6.14. The Morgan fingerprint density at radius 2 is 1.38 bits per heavy atom. The lowest BCUT2D eigenvalue weighted by Crippen LogP contribution is -2.52. The molecule has 0 aliphatic carbocycles. The van der Waals surface area contributed by atoms with Crippen molar-refractivity contribution in [1.82, 2.24) is 9.80 Å². The molecule has 0 amide bonds. The predicted octanol–water partition coefficient (Wildman–Crippen LogP) is 2.18. The first kappa shape index (κ1) is 17.3. The van der Waals surface area contributed by atoms with Crippen LogP contribution in [-0.4, -0.2) is 67.4 Å². The summed E-state index contributed by atoms with van der Waals surface area (Å²) in [4.78, 5) is 4.58. The highest BCUT2D eigenvalue weighted by atomic mass is 16.5. The van der Waals surface area contributed by atoms with Crippen molar-refractivity contribution in [2.45, 2.75) is 77.1 Å². The van der Waals surface area contributed by atoms with Crippen molar-refractivity contribution >= 4 is 7.85 Å². The van der Waals surface area contributed by atoms with Gasteiger partial charge in [0.15, 0.2) is 0 Å². The number of rotatable bonds is 3. The molecule has 2 aliphatic rings. The smallest absolute Gasteiger partial charge is 0.0998 e. The minimum Gasteiger partial charge on any atom is -0.363 e. The van der Waals surface area contributed by atoms with E-state index < -0.39 is 0 Å². The third kappa shape index (κ3) is 4.95. The molecule has 2 rings (SSSR count). The van der Waals surface area contributed by atoms with Crippen molar-refractivity contribution in [3.8, 4) is 0 Å². The Balaban J connectivity index is 1.71. The van der Waals surface area contributed by atoms with Gasteiger partial charge in [-0.25, -0.2) is 0 Å². The quantitative estimate of drug-likeness (QED) is 0.745. The molecular formula is C16H31BN2O2. The van der Waals surface area contributed by atoms with E-state index in [1.165, 1.54) is 0 Å². The van der Waals surface area contributed by atoms with E-state index in [2.05, 4.69) is 30.6 Å². The molecule has 4 nitrogen and oxygen atoms in total. The lowest BCUT2D eigenvalue weighted by atomic mass is 9.80. The molecule has 0 aromatic carbocycles. The Hall–Kier alpha value is -0.0951. The zero-order valence-corrected chi connectivity index (χ0v) is 14.4. The zero-order chi connectivity index (χ0) is 15.7. The number of nitrogens with zero attached hydrogens (tertiary/aromatic N) is 2. The van der Waals surface area contributed by atoms with E-state index in [0.717, 1.165) is 39.1 Å². The summed E-state index contributed by atoms with van der Waals surface area (Å²) in [7, 11) is 6.11. The van der Waals surface area contributed by atoms with Crippen LogP contribution in [0.15, 0.2) is 0 Å². The van der Waals surface area contributed by atoms with Gasteiger partial charge in [0, 0.05) is 18.6 Å². The van der Waals surface area contributed by atoms with Gasteiger partial charge < -0.3 is 9.47 Å². The summed E-state index contributed by atoms with van der Waals surface area (Å²) in [5.41, 5.74) is -0.0982. The van der Waals surface area contributed by atoms with Gasteiger partial charge in [0.1, 0.15) is 0 Å². The molecule has 2 radical (unpaired) electrons. The van der Waals surface area contributed by atoms with Gasteiger partial charge in [0.25, 0.3) is 0 Å². The second kappa shape index (κ2) is 6.57. The van der Waals surface area contributed by atoms with E-state index in [-0.39, 0.29) is 11.0 Å². The third-order valence-electron chi connectivity index (χ3n) is 4.66. The van der Waals surface area contributed by atoms with Crippen LogP contribution in [0.25, 0.3) is 0 Å². The Kier molecular flexibility index (Phi) is 5.40. The average molecular weight is 294 g/mol. The maximum atomic E-state index is 6.11. The molecule has 0 bridgehead atoms. The summed E-state index contributed by atoms with van der Waals surface area (Å²) in [5.74, 6) is 0. The number of hydrogen-bond donors (Lipinski definition) is 0. The van der Waals surface area contributed by atoms with Crippen molar-refractivity contribution in [3.63, 3.8) is 0 Å². The standard InChI is InChI=1S/C16H31BN2O2/c1-15(2,3)18-8-6-13(20-11-18)10-14-7-9-19(12-21-14)16(4,5)17/h13-14H,6-12H2,1-5H3. The second-order valence-electron chi connectivity index (χ2n) is 8.00. The molecule has 0 spiro atoms. The SMILES string of the molecule is [B]C(C)(C)N1CCC(CC2CCN(C(C)(C)C)CO2)OC1. The first-order chi connectivity index (χ1) is 9.66. The minimum absolute atomic E-state index is 0.194. The van der Waals surface area contributed by atoms with Gasteiger partial charge >= 0.3 is 0 Å². The van der Waals surface area contributed by atoms with Gasteiger partial charge in [0.2, 0.25) is 0 Å². The zero-order valence-electron chi connectivity index (χ0n) is 14.4. The minimum atomic E-state index is -0.292. The van der Waals surface area contributed by atoms with Gasteiger partial charge in [-0.3, -0.25) is 9.80 Å². The van der Waals surface area contributed by atoms with Crippen LogP contribution in [0.2, 0.25) is 0 Å². The molecule has 21 heavy (non-hydrogen) atoms. The molecule has 120 valence electrons. The molecular weight excluding hydrogens is 263 g/mol. The van der Waals surface area contributed by atoms with E-state index in [4.69, 9.17) is 17.3 Å². The number of ether oxygens (including phenoxy) is 2. The maximum absolute atomic E-state index is 6.11. The molecule has 0 saturated carbocycles. The van der Waals surface area contributed by atoms with Gasteiger partial charge in [-0.1, -0.05) is 13.8 Å². The molecule has 0 aromatic heterocycles. The fourth-order valence-corrected chi connectivity index (χ4v) is 2.93. The first-order valence-electron chi connectivity index (χ1n) is 8.18. The van der Waals surface area contributed by atoms with Crippen LogP contribution in [0.1, 0.15) is 53.9 Å². The van der Waals surface area contributed by atoms with Crippen molar-refractivity contribution < 1.29 is 9.47 Å². The van der Waals surface area contributed by atoms with Crippen LogP contribution in [0.4, 0.5) is 0 Å². The van der Waals surface area contributed by atoms with Crippen LogP contribution in [0.3, 0.4) is 0 Å². The van der Waals surface area contributed by atoms with Gasteiger partial charge in [-0.2, -0.15) is 0 Å². The van der Waals surface area contributed by atoms with E-state index in [9.17, 15) is 0 Å². The fraction of sp³-hybridized carbons (Fsp3) is 1.00. The molecule has 0 N–H and O–H groups in total. The molecule has 2 saturated heterocycles. The van der Waals surface area contributed by atoms with Gasteiger partial charge in [-0.05, 0) is 45.5 Å². The topological polar surface area (TPSA) is 24.9 Å². The van der Waals surface area contributed by atoms with Crippen LogP contribution in [-0.2, 0) is 9.47 Å². The summed E-state index contributed by atoms with van der Waals surface area (Å²) in [5, 5.41) is 0. The lowest BCUT2D eigenvalue weighted by Gasteiger charge is -2.43. The van der Waals surface area contributed by atoms with Crippen molar-refractivity contribution in [1.29, 1.82) is 0 Å². The molecule has 2 fully saturated rings. The van der Waals surface area contributed by atoms with Crippen LogP contribution in [0, 0.1) is 0 Å². The normalized spacial score (nSPS) is 30.5. The summed E-state index contributed by atoms with van der Waals surface area (Å²) < 4.78 is 12.0. The Morgan fingerprint density at radius 1 is 0.905 bits per heavy atom. The molecule has 2 aliphatic heterocycles. The highest BCUT2D eigenvalue weighted by Gasteiger charge is 2.31. The first-order valence-corrected chi connectivity index (χ1v) is 8.18. The predicted molar refractivity (Wildman–Crippen MR) is 86.3 cm³/mol. The average Bonchev–Trinajstić information content (AvgIpc) is 2.38. The van der Waals surface area contributed by atoms with Crippen molar-refractivity contribution in [2.24, 2.45) is 0 Å². The fourth-order valence-electron chi connectivity index (χ4n) is 2.93. The molecule has 0 aromatic rings. The third-order valence-corrected chi connectivity index (χ3v) is 4.66. The summed E-state index contributed by atoms with van der Waals surface area (Å²) in [6.07, 6.45) is 3.81. The Labute approximate surface area is 131 Å². The van der Waals surface area contributed by atoms with Crippen LogP contribution in [0.5, 0.6) is 0 Å². The van der Waals surface area contributed by atoms with E-state index >= 15 is 0 Å². The Morgan fingerprint density at radius 3 is 1.71 bits per heavy atom. The van der Waals surface area contributed by atoms with Crippen LogP contribution >= 0.6 is 0 Å². The molecule has 2 atom stereocenters.